The largest absolute Gasteiger partial charge is 0.455 e. The molecule has 204 valence electrons. The second kappa shape index (κ2) is 7.35. The van der Waals surface area contributed by atoms with Crippen molar-refractivity contribution in [2.24, 2.45) is 28.6 Å². The zero-order valence-electron chi connectivity index (χ0n) is 23.0. The van der Waals surface area contributed by atoms with Crippen molar-refractivity contribution in [2.45, 2.75) is 121 Å². The Balaban J connectivity index is 1.42. The summed E-state index contributed by atoms with van der Waals surface area (Å²) in [6.07, 6.45) is 5.74. The Morgan fingerprint density at radius 2 is 1.84 bits per heavy atom. The average molecular weight is 515 g/mol. The van der Waals surface area contributed by atoms with Gasteiger partial charge in [-0.15, -0.1) is 0 Å². The highest BCUT2D eigenvalue weighted by atomic mass is 16.6. The Labute approximate surface area is 219 Å². The van der Waals surface area contributed by atoms with E-state index in [1.54, 1.807) is 19.9 Å². The van der Waals surface area contributed by atoms with Crippen molar-refractivity contribution in [1.82, 2.24) is 0 Å². The van der Waals surface area contributed by atoms with E-state index in [1.165, 1.54) is 0 Å². The zero-order chi connectivity index (χ0) is 27.0. The van der Waals surface area contributed by atoms with E-state index < -0.39 is 45.3 Å². The van der Waals surface area contributed by atoms with Crippen molar-refractivity contribution in [2.75, 3.05) is 0 Å². The standard InChI is InChI=1S/C30H42O7/c1-7-27-11-10-19-20(15-23-30(37-23)17(3)8-9-21(31)25(19,30)5)28(27,34)12-13-29(27,35)26(6,33)22-14-16(2)18(4)24(32)36-22/h8-9,17,19-20,22-23,33-35H,7,10-15H2,1-6H3/t17-,19+,20-,22-,23-,25+,26+,27+,28-,29-,30-/m1/s1. The molecule has 0 amide bonds. The molecule has 3 N–H and O–H groups in total. The van der Waals surface area contributed by atoms with Crippen molar-refractivity contribution in [3.05, 3.63) is 23.3 Å². The highest BCUT2D eigenvalue weighted by Crippen LogP contribution is 2.76. The van der Waals surface area contributed by atoms with Crippen LogP contribution < -0.4 is 0 Å². The number of epoxide rings is 1. The first-order chi connectivity index (χ1) is 17.2. The van der Waals surface area contributed by atoms with Gasteiger partial charge in [0.05, 0.1) is 17.1 Å². The number of ketones is 1. The van der Waals surface area contributed by atoms with Gasteiger partial charge in [0, 0.05) is 23.3 Å². The number of cyclic esters (lactones) is 1. The molecule has 0 bridgehead atoms. The maximum absolute atomic E-state index is 13.5. The number of hydrogen-bond acceptors (Lipinski definition) is 7. The van der Waals surface area contributed by atoms with Crippen molar-refractivity contribution in [3.8, 4) is 0 Å². The van der Waals surface area contributed by atoms with Gasteiger partial charge in [0.15, 0.2) is 5.78 Å². The molecule has 7 nitrogen and oxygen atoms in total. The number of ether oxygens (including phenoxy) is 2. The van der Waals surface area contributed by atoms with E-state index in [-0.39, 0.29) is 36.1 Å². The molecule has 6 rings (SSSR count). The number of esters is 1. The van der Waals surface area contributed by atoms with Gasteiger partial charge in [-0.3, -0.25) is 4.79 Å². The third kappa shape index (κ3) is 2.59. The number of carbonyl (C=O) groups excluding carboxylic acids is 2. The van der Waals surface area contributed by atoms with Gasteiger partial charge in [-0.2, -0.15) is 0 Å². The van der Waals surface area contributed by atoms with Crippen LogP contribution in [-0.2, 0) is 19.1 Å². The third-order valence-electron chi connectivity index (χ3n) is 12.7. The Morgan fingerprint density at radius 1 is 1.14 bits per heavy atom. The summed E-state index contributed by atoms with van der Waals surface area (Å²) in [5.74, 6) is -0.598. The molecule has 7 heteroatoms. The predicted octanol–water partition coefficient (Wildman–Crippen LogP) is 3.39. The van der Waals surface area contributed by atoms with Gasteiger partial charge in [-0.1, -0.05) is 25.5 Å². The zero-order valence-corrected chi connectivity index (χ0v) is 23.0. The first kappa shape index (κ1) is 25.7. The quantitative estimate of drug-likeness (QED) is 0.390. The lowest BCUT2D eigenvalue weighted by Gasteiger charge is -2.64. The second-order valence-corrected chi connectivity index (χ2v) is 13.5. The van der Waals surface area contributed by atoms with Crippen LogP contribution in [0.25, 0.3) is 0 Å². The lowest BCUT2D eigenvalue weighted by Crippen LogP contribution is -2.74. The molecule has 3 saturated carbocycles. The van der Waals surface area contributed by atoms with Gasteiger partial charge in [-0.25, -0.2) is 4.79 Å². The molecule has 0 radical (unpaired) electrons. The molecule has 0 unspecified atom stereocenters. The molecule has 2 heterocycles. The minimum Gasteiger partial charge on any atom is -0.455 e. The topological polar surface area (TPSA) is 117 Å². The molecular weight excluding hydrogens is 472 g/mol. The number of aliphatic hydroxyl groups is 3. The van der Waals surface area contributed by atoms with Crippen LogP contribution in [0, 0.1) is 28.6 Å². The number of hydrogen-bond donors (Lipinski definition) is 3. The van der Waals surface area contributed by atoms with Crippen LogP contribution in [0.3, 0.4) is 0 Å². The van der Waals surface area contributed by atoms with Crippen LogP contribution in [0.15, 0.2) is 23.3 Å². The number of allylic oxidation sites excluding steroid dienone is 1. The summed E-state index contributed by atoms with van der Waals surface area (Å²) in [5, 5.41) is 37.4. The lowest BCUT2D eigenvalue weighted by molar-refractivity contribution is -0.289. The van der Waals surface area contributed by atoms with Gasteiger partial charge < -0.3 is 24.8 Å². The molecule has 0 aromatic carbocycles. The number of rotatable bonds is 3. The van der Waals surface area contributed by atoms with Crippen LogP contribution in [0.5, 0.6) is 0 Å². The fraction of sp³-hybridized carbons (Fsp3) is 0.800. The third-order valence-corrected chi connectivity index (χ3v) is 12.7. The minimum atomic E-state index is -1.77. The van der Waals surface area contributed by atoms with E-state index in [1.807, 2.05) is 26.8 Å². The fourth-order valence-corrected chi connectivity index (χ4v) is 10.3. The molecule has 37 heavy (non-hydrogen) atoms. The minimum absolute atomic E-state index is 0.0717. The van der Waals surface area contributed by atoms with E-state index in [9.17, 15) is 24.9 Å². The van der Waals surface area contributed by atoms with Gasteiger partial charge in [0.2, 0.25) is 0 Å². The van der Waals surface area contributed by atoms with Crippen LogP contribution >= 0.6 is 0 Å². The van der Waals surface area contributed by atoms with Crippen LogP contribution in [0.1, 0.15) is 86.5 Å². The van der Waals surface area contributed by atoms with E-state index in [4.69, 9.17) is 9.47 Å². The SMILES string of the molecule is CC[C@]12CC[C@H]3[C@@H](C[C@H]4O[C@]45[C@H](C)C=CC(=O)[C@]35C)[C@]1(O)CC[C@@]2(O)[C@@](C)(O)[C@H]1CC(C)=C(C)C(=O)O1. The predicted molar refractivity (Wildman–Crippen MR) is 135 cm³/mol. The Kier molecular flexibility index (Phi) is 5.11. The molecule has 1 saturated heterocycles. The Morgan fingerprint density at radius 3 is 2.49 bits per heavy atom. The van der Waals surface area contributed by atoms with E-state index >= 15 is 0 Å². The number of fused-ring (bicyclic) bond motifs is 4. The van der Waals surface area contributed by atoms with Crippen molar-refractivity contribution >= 4 is 11.8 Å². The maximum Gasteiger partial charge on any atom is 0.334 e. The van der Waals surface area contributed by atoms with E-state index in [0.717, 1.165) is 5.57 Å². The van der Waals surface area contributed by atoms with Crippen molar-refractivity contribution < 1.29 is 34.4 Å². The molecule has 0 aromatic heterocycles. The summed E-state index contributed by atoms with van der Waals surface area (Å²) in [6, 6.07) is 0. The summed E-state index contributed by atoms with van der Waals surface area (Å²) in [7, 11) is 0. The summed E-state index contributed by atoms with van der Waals surface area (Å²) in [5.41, 5.74) is -5.60. The Bertz CT molecular complexity index is 1140. The Hall–Kier alpha value is -1.54. The first-order valence-electron chi connectivity index (χ1n) is 14.1. The van der Waals surface area contributed by atoms with Crippen molar-refractivity contribution in [3.63, 3.8) is 0 Å². The molecule has 1 spiro atoms. The highest BCUT2D eigenvalue weighted by Gasteiger charge is 2.84. The molecule has 11 atom stereocenters. The van der Waals surface area contributed by atoms with Crippen LogP contribution in [0.2, 0.25) is 0 Å². The van der Waals surface area contributed by atoms with E-state index in [0.29, 0.717) is 44.1 Å². The van der Waals surface area contributed by atoms with Gasteiger partial charge in [0.25, 0.3) is 0 Å². The highest BCUT2D eigenvalue weighted by molar-refractivity contribution is 5.98. The average Bonchev–Trinajstić information content (AvgIpc) is 3.54. The normalized spacial score (nSPS) is 54.0. The molecular formula is C30H42O7. The fourth-order valence-electron chi connectivity index (χ4n) is 10.3. The summed E-state index contributed by atoms with van der Waals surface area (Å²) in [6.45, 7) is 11.3. The smallest absolute Gasteiger partial charge is 0.334 e. The molecule has 0 aromatic rings. The second-order valence-electron chi connectivity index (χ2n) is 13.5. The van der Waals surface area contributed by atoms with Crippen LogP contribution in [-0.4, -0.2) is 61.7 Å². The summed E-state index contributed by atoms with van der Waals surface area (Å²) >= 11 is 0. The lowest BCUT2D eigenvalue weighted by atomic mass is 9.41. The summed E-state index contributed by atoms with van der Waals surface area (Å²) in [4.78, 5) is 26.1. The molecule has 4 aliphatic carbocycles. The molecule has 6 aliphatic rings. The molecule has 4 fully saturated rings. The van der Waals surface area contributed by atoms with Crippen molar-refractivity contribution in [1.29, 1.82) is 0 Å². The molecule has 2 aliphatic heterocycles. The first-order valence-corrected chi connectivity index (χ1v) is 14.1. The number of carbonyl (C=O) groups is 2. The maximum atomic E-state index is 13.5. The monoisotopic (exact) mass is 514 g/mol. The van der Waals surface area contributed by atoms with Gasteiger partial charge in [-0.05, 0) is 84.1 Å². The van der Waals surface area contributed by atoms with Gasteiger partial charge >= 0.3 is 5.97 Å². The van der Waals surface area contributed by atoms with Gasteiger partial charge in [0.1, 0.15) is 22.9 Å². The van der Waals surface area contributed by atoms with E-state index in [2.05, 4.69) is 6.92 Å². The van der Waals surface area contributed by atoms with Crippen LogP contribution in [0.4, 0.5) is 0 Å². The summed E-state index contributed by atoms with van der Waals surface area (Å²) < 4.78 is 12.1.